The van der Waals surface area contributed by atoms with E-state index in [1.165, 1.54) is 11.3 Å². The summed E-state index contributed by atoms with van der Waals surface area (Å²) in [5, 5.41) is 5.42. The van der Waals surface area contributed by atoms with E-state index in [1.807, 2.05) is 23.2 Å². The summed E-state index contributed by atoms with van der Waals surface area (Å²) in [5.74, 6) is 1.03. The van der Waals surface area contributed by atoms with Crippen LogP contribution >= 0.6 is 11.3 Å². The quantitative estimate of drug-likeness (QED) is 0.920. The Kier molecular flexibility index (Phi) is 3.76. The molecule has 0 saturated carbocycles. The summed E-state index contributed by atoms with van der Waals surface area (Å²) in [4.78, 5) is 20.3. The lowest BCUT2D eigenvalue weighted by Crippen LogP contribution is -2.16. The lowest BCUT2D eigenvalue weighted by Gasteiger charge is -2.02. The van der Waals surface area contributed by atoms with Gasteiger partial charge in [-0.3, -0.25) is 4.79 Å². The van der Waals surface area contributed by atoms with Gasteiger partial charge >= 0.3 is 0 Å². The standard InChI is InChI=1S/C12H16N4OS/c1-8(2)9-7-18-12(14-9)15-11(17)6-10-13-4-5-16(10)3/h4-5,7-8H,6H2,1-3H3,(H,14,15,17). The number of carbonyl (C=O) groups is 1. The van der Waals surface area contributed by atoms with Gasteiger partial charge in [0.1, 0.15) is 5.82 Å². The van der Waals surface area contributed by atoms with Gasteiger partial charge in [0.15, 0.2) is 5.13 Å². The van der Waals surface area contributed by atoms with E-state index >= 15 is 0 Å². The maximum Gasteiger partial charge on any atom is 0.233 e. The fourth-order valence-electron chi connectivity index (χ4n) is 1.48. The van der Waals surface area contributed by atoms with Crippen molar-refractivity contribution >= 4 is 22.4 Å². The van der Waals surface area contributed by atoms with E-state index < -0.39 is 0 Å². The third kappa shape index (κ3) is 2.95. The molecule has 2 aromatic rings. The molecule has 1 N–H and O–H groups in total. The summed E-state index contributed by atoms with van der Waals surface area (Å²) in [6.45, 7) is 4.16. The van der Waals surface area contributed by atoms with Crippen LogP contribution in [0.15, 0.2) is 17.8 Å². The number of aromatic nitrogens is 3. The first-order chi connectivity index (χ1) is 8.56. The molecule has 0 radical (unpaired) electrons. The number of anilines is 1. The van der Waals surface area contributed by atoms with Crippen LogP contribution in [0.3, 0.4) is 0 Å². The van der Waals surface area contributed by atoms with Crippen LogP contribution in [0.25, 0.3) is 0 Å². The average molecular weight is 264 g/mol. The van der Waals surface area contributed by atoms with E-state index in [9.17, 15) is 4.79 Å². The maximum atomic E-state index is 11.8. The minimum absolute atomic E-state index is 0.0889. The number of thiazole rings is 1. The van der Waals surface area contributed by atoms with E-state index in [-0.39, 0.29) is 12.3 Å². The minimum atomic E-state index is -0.0889. The largest absolute Gasteiger partial charge is 0.338 e. The fourth-order valence-corrected chi connectivity index (χ4v) is 2.37. The normalized spacial score (nSPS) is 10.9. The molecule has 2 heterocycles. The number of amides is 1. The molecule has 0 aliphatic rings. The Hall–Kier alpha value is -1.69. The molecule has 0 aromatic carbocycles. The second-order valence-electron chi connectivity index (χ2n) is 4.41. The van der Waals surface area contributed by atoms with Gasteiger partial charge in [-0.2, -0.15) is 0 Å². The third-order valence-electron chi connectivity index (χ3n) is 2.60. The van der Waals surface area contributed by atoms with Crippen LogP contribution in [0.2, 0.25) is 0 Å². The van der Waals surface area contributed by atoms with Gasteiger partial charge in [-0.15, -0.1) is 11.3 Å². The number of hydrogen-bond donors (Lipinski definition) is 1. The van der Waals surface area contributed by atoms with Gasteiger partial charge in [-0.05, 0) is 5.92 Å². The van der Waals surface area contributed by atoms with Crippen LogP contribution in [-0.2, 0) is 18.3 Å². The van der Waals surface area contributed by atoms with E-state index in [4.69, 9.17) is 0 Å². The van der Waals surface area contributed by atoms with E-state index in [1.54, 1.807) is 6.20 Å². The second kappa shape index (κ2) is 5.30. The van der Waals surface area contributed by atoms with Gasteiger partial charge in [0, 0.05) is 24.8 Å². The van der Waals surface area contributed by atoms with Crippen LogP contribution < -0.4 is 5.32 Å². The molecule has 0 unspecified atom stereocenters. The van der Waals surface area contributed by atoms with E-state index in [2.05, 4.69) is 29.1 Å². The average Bonchev–Trinajstić information content (AvgIpc) is 2.89. The van der Waals surface area contributed by atoms with Crippen LogP contribution in [0, 0.1) is 0 Å². The van der Waals surface area contributed by atoms with Crippen molar-refractivity contribution in [1.82, 2.24) is 14.5 Å². The Bertz CT molecular complexity index is 544. The van der Waals surface area contributed by atoms with Crippen molar-refractivity contribution < 1.29 is 4.79 Å². The van der Waals surface area contributed by atoms with Crippen LogP contribution in [0.4, 0.5) is 5.13 Å². The van der Waals surface area contributed by atoms with Crippen molar-refractivity contribution in [3.8, 4) is 0 Å². The van der Waals surface area contributed by atoms with Crippen molar-refractivity contribution in [1.29, 1.82) is 0 Å². The lowest BCUT2D eigenvalue weighted by molar-refractivity contribution is -0.115. The molecule has 18 heavy (non-hydrogen) atoms. The summed E-state index contributed by atoms with van der Waals surface area (Å²) >= 11 is 1.45. The smallest absolute Gasteiger partial charge is 0.233 e. The van der Waals surface area contributed by atoms with Gasteiger partial charge in [-0.25, -0.2) is 9.97 Å². The predicted molar refractivity (Wildman–Crippen MR) is 71.7 cm³/mol. The highest BCUT2D eigenvalue weighted by Crippen LogP contribution is 2.21. The Morgan fingerprint density at radius 2 is 2.33 bits per heavy atom. The molecule has 2 aromatic heterocycles. The highest BCUT2D eigenvalue weighted by molar-refractivity contribution is 7.13. The van der Waals surface area contributed by atoms with Crippen LogP contribution in [0.1, 0.15) is 31.3 Å². The summed E-state index contributed by atoms with van der Waals surface area (Å²) in [6, 6.07) is 0. The van der Waals surface area contributed by atoms with Gasteiger partial charge in [0.05, 0.1) is 12.1 Å². The highest BCUT2D eigenvalue weighted by atomic mass is 32.1. The minimum Gasteiger partial charge on any atom is -0.338 e. The number of aryl methyl sites for hydroxylation is 1. The van der Waals surface area contributed by atoms with Crippen LogP contribution in [0.5, 0.6) is 0 Å². The van der Waals surface area contributed by atoms with Crippen LogP contribution in [-0.4, -0.2) is 20.4 Å². The molecule has 0 saturated heterocycles. The molecule has 2 rings (SSSR count). The Morgan fingerprint density at radius 1 is 1.56 bits per heavy atom. The third-order valence-corrected chi connectivity index (χ3v) is 3.38. The number of imidazole rings is 1. The number of carbonyl (C=O) groups excluding carboxylic acids is 1. The van der Waals surface area contributed by atoms with Crippen molar-refractivity contribution in [3.05, 3.63) is 29.3 Å². The van der Waals surface area contributed by atoms with Crippen molar-refractivity contribution in [2.75, 3.05) is 5.32 Å². The summed E-state index contributed by atoms with van der Waals surface area (Å²) < 4.78 is 1.83. The summed E-state index contributed by atoms with van der Waals surface area (Å²) in [7, 11) is 1.87. The Balaban J connectivity index is 1.97. The SMILES string of the molecule is CC(C)c1csc(NC(=O)Cc2nccn2C)n1. The molecule has 6 heteroatoms. The second-order valence-corrected chi connectivity index (χ2v) is 5.27. The lowest BCUT2D eigenvalue weighted by atomic mass is 10.2. The fraction of sp³-hybridized carbons (Fsp3) is 0.417. The first-order valence-corrected chi connectivity index (χ1v) is 6.65. The molecule has 96 valence electrons. The maximum absolute atomic E-state index is 11.8. The predicted octanol–water partition coefficient (Wildman–Crippen LogP) is 2.18. The van der Waals surface area contributed by atoms with Crippen molar-refractivity contribution in [3.63, 3.8) is 0 Å². The number of nitrogens with zero attached hydrogens (tertiary/aromatic N) is 3. The molecule has 1 amide bonds. The zero-order chi connectivity index (χ0) is 13.1. The molecule has 0 bridgehead atoms. The van der Waals surface area contributed by atoms with Gasteiger partial charge < -0.3 is 9.88 Å². The topological polar surface area (TPSA) is 59.8 Å². The number of rotatable bonds is 4. The first-order valence-electron chi connectivity index (χ1n) is 5.77. The van der Waals surface area contributed by atoms with Gasteiger partial charge in [-0.1, -0.05) is 13.8 Å². The zero-order valence-corrected chi connectivity index (χ0v) is 11.5. The molecule has 0 fully saturated rings. The monoisotopic (exact) mass is 264 g/mol. The molecule has 0 spiro atoms. The van der Waals surface area contributed by atoms with E-state index in [0.717, 1.165) is 11.5 Å². The Labute approximate surface area is 110 Å². The number of nitrogens with one attached hydrogen (secondary N) is 1. The zero-order valence-electron chi connectivity index (χ0n) is 10.7. The molecule has 0 aliphatic carbocycles. The van der Waals surface area contributed by atoms with E-state index in [0.29, 0.717) is 11.0 Å². The van der Waals surface area contributed by atoms with Gasteiger partial charge in [0.25, 0.3) is 0 Å². The molecule has 0 aliphatic heterocycles. The summed E-state index contributed by atoms with van der Waals surface area (Å²) in [6.07, 6.45) is 3.77. The molecular formula is C12H16N4OS. The van der Waals surface area contributed by atoms with Gasteiger partial charge in [0.2, 0.25) is 5.91 Å². The van der Waals surface area contributed by atoms with Crippen molar-refractivity contribution in [2.45, 2.75) is 26.2 Å². The Morgan fingerprint density at radius 3 is 2.89 bits per heavy atom. The number of hydrogen-bond acceptors (Lipinski definition) is 4. The summed E-state index contributed by atoms with van der Waals surface area (Å²) in [5.41, 5.74) is 1.01. The van der Waals surface area contributed by atoms with Crippen molar-refractivity contribution in [2.24, 2.45) is 7.05 Å². The molecule has 0 atom stereocenters. The highest BCUT2D eigenvalue weighted by Gasteiger charge is 2.11. The molecular weight excluding hydrogens is 248 g/mol. The first kappa shape index (κ1) is 12.8. The molecule has 5 nitrogen and oxygen atoms in total.